The smallest absolute Gasteiger partial charge is 0.258 e. The number of anilines is 1. The van der Waals surface area contributed by atoms with Gasteiger partial charge in [-0.2, -0.15) is 4.98 Å². The van der Waals surface area contributed by atoms with Crippen LogP contribution in [0.4, 0.5) is 5.82 Å². The third-order valence-electron chi connectivity index (χ3n) is 6.01. The Morgan fingerprint density at radius 3 is 2.68 bits per heavy atom. The molecule has 4 rings (SSSR count). The van der Waals surface area contributed by atoms with Gasteiger partial charge in [-0.05, 0) is 37.8 Å². The molecule has 1 aliphatic carbocycles. The molecule has 0 bridgehead atoms. The van der Waals surface area contributed by atoms with Crippen LogP contribution in [0.3, 0.4) is 0 Å². The summed E-state index contributed by atoms with van der Waals surface area (Å²) in [6.07, 6.45) is 8.24. The normalized spacial score (nSPS) is 24.6. The largest absolute Gasteiger partial charge is 0.391 e. The fourth-order valence-electron chi connectivity index (χ4n) is 4.33. The van der Waals surface area contributed by atoms with Crippen LogP contribution < -0.4 is 5.32 Å². The lowest BCUT2D eigenvalue weighted by Crippen LogP contribution is -2.50. The van der Waals surface area contributed by atoms with Crippen LogP contribution >= 0.6 is 0 Å². The molecule has 152 valence electrons. The summed E-state index contributed by atoms with van der Waals surface area (Å²) in [5.74, 6) is 2.34. The number of rotatable bonds is 5. The number of aliphatic hydroxyl groups excluding tert-OH is 1. The van der Waals surface area contributed by atoms with Gasteiger partial charge in [-0.3, -0.25) is 4.90 Å². The van der Waals surface area contributed by atoms with Crippen molar-refractivity contribution in [2.45, 2.75) is 76.5 Å². The summed E-state index contributed by atoms with van der Waals surface area (Å²) in [6, 6.07) is 4.63. The van der Waals surface area contributed by atoms with E-state index < -0.39 is 0 Å². The van der Waals surface area contributed by atoms with E-state index in [2.05, 4.69) is 25.3 Å². The first kappa shape index (κ1) is 19.3. The van der Waals surface area contributed by atoms with Gasteiger partial charge < -0.3 is 14.9 Å². The summed E-state index contributed by atoms with van der Waals surface area (Å²) in [5, 5.41) is 17.9. The number of aliphatic hydroxyl groups is 1. The van der Waals surface area contributed by atoms with E-state index in [1.165, 1.54) is 6.42 Å². The molecule has 3 heterocycles. The Balaban J connectivity index is 1.35. The molecule has 2 fully saturated rings. The maximum absolute atomic E-state index is 10.3. The molecule has 0 spiro atoms. The second-order valence-electron chi connectivity index (χ2n) is 8.42. The quantitative estimate of drug-likeness (QED) is 0.815. The molecule has 7 nitrogen and oxygen atoms in total. The predicted octanol–water partition coefficient (Wildman–Crippen LogP) is 3.43. The third-order valence-corrected chi connectivity index (χ3v) is 6.01. The fraction of sp³-hybridized carbons (Fsp3) is 0.667. The van der Waals surface area contributed by atoms with Crippen molar-refractivity contribution >= 4 is 5.82 Å². The van der Waals surface area contributed by atoms with Crippen LogP contribution in [0.25, 0.3) is 11.5 Å². The van der Waals surface area contributed by atoms with Crippen LogP contribution in [-0.2, 0) is 0 Å². The molecule has 1 aliphatic heterocycles. The lowest BCUT2D eigenvalue weighted by atomic mass is 9.89. The van der Waals surface area contributed by atoms with Gasteiger partial charge in [0.2, 0.25) is 0 Å². The van der Waals surface area contributed by atoms with Crippen molar-refractivity contribution in [2.24, 2.45) is 0 Å². The molecule has 2 aromatic rings. The van der Waals surface area contributed by atoms with Crippen LogP contribution in [0.5, 0.6) is 0 Å². The van der Waals surface area contributed by atoms with Crippen LogP contribution in [0.15, 0.2) is 22.9 Å². The Kier molecular flexibility index (Phi) is 5.92. The van der Waals surface area contributed by atoms with Gasteiger partial charge in [-0.15, -0.1) is 0 Å². The van der Waals surface area contributed by atoms with E-state index in [0.717, 1.165) is 62.4 Å². The molecule has 7 heteroatoms. The van der Waals surface area contributed by atoms with Crippen molar-refractivity contribution in [3.63, 3.8) is 0 Å². The molecular formula is C21H31N5O2. The standard InChI is InChI=1S/C21H31N5O2/c1-14(2)20-24-21(28-25-20)15-7-10-22-19(13-15)23-16-8-11-26(12-9-16)17-5-3-4-6-18(17)27/h7,10,13-14,16-18,27H,3-6,8-9,11-12H2,1-2H3,(H,22,23). The summed E-state index contributed by atoms with van der Waals surface area (Å²) >= 11 is 0. The fourth-order valence-corrected chi connectivity index (χ4v) is 4.33. The maximum Gasteiger partial charge on any atom is 0.258 e. The van der Waals surface area contributed by atoms with Crippen molar-refractivity contribution in [2.75, 3.05) is 18.4 Å². The molecule has 2 aromatic heterocycles. The monoisotopic (exact) mass is 385 g/mol. The lowest BCUT2D eigenvalue weighted by molar-refractivity contribution is 0.00992. The second kappa shape index (κ2) is 8.57. The highest BCUT2D eigenvalue weighted by atomic mass is 16.5. The Hall–Kier alpha value is -1.99. The molecule has 28 heavy (non-hydrogen) atoms. The first-order valence-corrected chi connectivity index (χ1v) is 10.6. The van der Waals surface area contributed by atoms with Crippen molar-refractivity contribution in [1.29, 1.82) is 0 Å². The molecule has 2 aliphatic rings. The van der Waals surface area contributed by atoms with Crippen molar-refractivity contribution in [3.8, 4) is 11.5 Å². The summed E-state index contributed by atoms with van der Waals surface area (Å²) < 4.78 is 5.40. The van der Waals surface area contributed by atoms with Crippen LogP contribution in [0, 0.1) is 0 Å². The molecule has 1 saturated carbocycles. The zero-order valence-electron chi connectivity index (χ0n) is 16.8. The van der Waals surface area contributed by atoms with Gasteiger partial charge in [-0.25, -0.2) is 4.98 Å². The number of hydrogen-bond donors (Lipinski definition) is 2. The highest BCUT2D eigenvalue weighted by Gasteiger charge is 2.31. The van der Waals surface area contributed by atoms with Gasteiger partial charge in [0, 0.05) is 42.9 Å². The molecule has 0 radical (unpaired) electrons. The predicted molar refractivity (Wildman–Crippen MR) is 108 cm³/mol. The minimum absolute atomic E-state index is 0.151. The Morgan fingerprint density at radius 2 is 1.96 bits per heavy atom. The van der Waals surface area contributed by atoms with Crippen LogP contribution in [0.1, 0.15) is 64.1 Å². The maximum atomic E-state index is 10.3. The Labute approximate surface area is 166 Å². The van der Waals surface area contributed by atoms with Gasteiger partial charge in [0.05, 0.1) is 6.10 Å². The highest BCUT2D eigenvalue weighted by Crippen LogP contribution is 2.27. The van der Waals surface area contributed by atoms with Crippen molar-refractivity contribution in [1.82, 2.24) is 20.0 Å². The zero-order chi connectivity index (χ0) is 19.5. The summed E-state index contributed by atoms with van der Waals surface area (Å²) in [5.41, 5.74) is 0.889. The minimum Gasteiger partial charge on any atom is -0.391 e. The van der Waals surface area contributed by atoms with E-state index in [4.69, 9.17) is 4.52 Å². The van der Waals surface area contributed by atoms with Crippen LogP contribution in [-0.4, -0.2) is 56.4 Å². The summed E-state index contributed by atoms with van der Waals surface area (Å²) in [4.78, 5) is 11.4. The second-order valence-corrected chi connectivity index (χ2v) is 8.42. The van der Waals surface area contributed by atoms with Gasteiger partial charge in [0.1, 0.15) is 5.82 Å². The molecular weight excluding hydrogens is 354 g/mol. The average molecular weight is 386 g/mol. The van der Waals surface area contributed by atoms with E-state index >= 15 is 0 Å². The number of nitrogens with one attached hydrogen (secondary N) is 1. The van der Waals surface area contributed by atoms with E-state index in [1.807, 2.05) is 26.0 Å². The van der Waals surface area contributed by atoms with E-state index in [-0.39, 0.29) is 12.0 Å². The number of likely N-dealkylation sites (tertiary alicyclic amines) is 1. The van der Waals surface area contributed by atoms with Crippen molar-refractivity contribution < 1.29 is 9.63 Å². The Morgan fingerprint density at radius 1 is 1.18 bits per heavy atom. The number of piperidine rings is 1. The minimum atomic E-state index is -0.151. The molecule has 0 amide bonds. The van der Waals surface area contributed by atoms with Crippen LogP contribution in [0.2, 0.25) is 0 Å². The molecule has 0 aromatic carbocycles. The van der Waals surface area contributed by atoms with Crippen molar-refractivity contribution in [3.05, 3.63) is 24.2 Å². The first-order valence-electron chi connectivity index (χ1n) is 10.6. The average Bonchev–Trinajstić information content (AvgIpc) is 3.20. The number of hydrogen-bond acceptors (Lipinski definition) is 7. The molecule has 2 atom stereocenters. The van der Waals surface area contributed by atoms with Gasteiger partial charge >= 0.3 is 0 Å². The number of aromatic nitrogens is 3. The SMILES string of the molecule is CC(C)c1noc(-c2ccnc(NC3CCN(C4CCCCC4O)CC3)c2)n1. The topological polar surface area (TPSA) is 87.3 Å². The van der Waals surface area contributed by atoms with Gasteiger partial charge in [0.25, 0.3) is 5.89 Å². The third kappa shape index (κ3) is 4.36. The summed E-state index contributed by atoms with van der Waals surface area (Å²) in [7, 11) is 0. The first-order chi connectivity index (χ1) is 13.6. The summed E-state index contributed by atoms with van der Waals surface area (Å²) in [6.45, 7) is 6.15. The molecule has 2 N–H and O–H groups in total. The van der Waals surface area contributed by atoms with E-state index in [9.17, 15) is 5.11 Å². The van der Waals surface area contributed by atoms with E-state index in [1.54, 1.807) is 6.20 Å². The van der Waals surface area contributed by atoms with Gasteiger partial charge in [-0.1, -0.05) is 31.8 Å². The Bertz CT molecular complexity index is 770. The van der Waals surface area contributed by atoms with Gasteiger partial charge in [0.15, 0.2) is 5.82 Å². The molecule has 1 saturated heterocycles. The lowest BCUT2D eigenvalue weighted by Gasteiger charge is -2.41. The zero-order valence-corrected chi connectivity index (χ0v) is 16.8. The highest BCUT2D eigenvalue weighted by molar-refractivity contribution is 5.58. The van der Waals surface area contributed by atoms with E-state index in [0.29, 0.717) is 18.0 Å². The number of pyridine rings is 1. The molecule has 2 unspecified atom stereocenters. The number of nitrogens with zero attached hydrogens (tertiary/aromatic N) is 4.